The second-order valence-electron chi connectivity index (χ2n) is 13.9. The molecular weight excluding hydrogens is 775 g/mol. The molecule has 17 nitrogen and oxygen atoms in total. The van der Waals surface area contributed by atoms with Gasteiger partial charge in [-0.2, -0.15) is 5.10 Å². The van der Waals surface area contributed by atoms with Crippen LogP contribution >= 0.6 is 0 Å². The number of Topliss-reactive ketones (excluding diaryl/α,β-unsaturated/α-hetero) is 1. The Hall–Kier alpha value is -7.79. The molecular formula is C43H41N7O10. The van der Waals surface area contributed by atoms with Gasteiger partial charge in [-0.25, -0.2) is 21.1 Å². The number of hydrazone groups is 1. The van der Waals surface area contributed by atoms with Crippen LogP contribution in [-0.2, 0) is 14.3 Å². The van der Waals surface area contributed by atoms with Crippen LogP contribution in [0.2, 0.25) is 0 Å². The molecule has 60 heavy (non-hydrogen) atoms. The first-order valence-corrected chi connectivity index (χ1v) is 18.3. The smallest absolute Gasteiger partial charge is 0.412 e. The topological polar surface area (TPSA) is 236 Å². The number of ketones is 1. The van der Waals surface area contributed by atoms with Gasteiger partial charge in [0, 0.05) is 35.2 Å². The highest BCUT2D eigenvalue weighted by Gasteiger charge is 2.49. The lowest BCUT2D eigenvalue weighted by atomic mass is 10.0. The van der Waals surface area contributed by atoms with Gasteiger partial charge < -0.3 is 14.2 Å². The van der Waals surface area contributed by atoms with Crippen molar-refractivity contribution in [2.45, 2.75) is 37.8 Å². The minimum absolute atomic E-state index is 0.0496. The molecule has 4 amide bonds. The van der Waals surface area contributed by atoms with Gasteiger partial charge >= 0.3 is 6.09 Å². The SMILES string of the molecule is COc1ccc(C=NNC(=O)c2cccc(C=CC(=O)NO)c2)cc1OCC(C)(C)OC(=O)Nc1ccc(C=NC2(C(=O)c3cccc(C=CC(=O)NN=O)c3)CC2)cc1. The van der Waals surface area contributed by atoms with E-state index in [9.17, 15) is 28.9 Å². The molecule has 0 unspecified atom stereocenters. The van der Waals surface area contributed by atoms with Gasteiger partial charge in [0.25, 0.3) is 17.7 Å². The van der Waals surface area contributed by atoms with Crippen LogP contribution < -0.4 is 31.1 Å². The number of carbonyl (C=O) groups excluding carboxylic acids is 5. The number of aliphatic imine (C=N–C) groups is 1. The third kappa shape index (κ3) is 12.6. The first-order valence-electron chi connectivity index (χ1n) is 18.3. The molecule has 0 spiro atoms. The lowest BCUT2D eigenvalue weighted by Crippen LogP contribution is -2.36. The van der Waals surface area contributed by atoms with Gasteiger partial charge in [-0.1, -0.05) is 42.5 Å². The molecule has 5 rings (SSSR count). The number of hydrogen-bond acceptors (Lipinski definition) is 13. The van der Waals surface area contributed by atoms with E-state index < -0.39 is 35.0 Å². The Balaban J connectivity index is 1.11. The fourth-order valence-electron chi connectivity index (χ4n) is 5.47. The number of carbonyl (C=O) groups is 5. The fraction of sp³-hybridized carbons (Fsp3) is 0.186. The van der Waals surface area contributed by atoms with Crippen LogP contribution in [0.15, 0.2) is 119 Å². The summed E-state index contributed by atoms with van der Waals surface area (Å²) < 4.78 is 17.1. The monoisotopic (exact) mass is 815 g/mol. The van der Waals surface area contributed by atoms with Crippen LogP contribution in [0.5, 0.6) is 11.5 Å². The third-order valence-corrected chi connectivity index (χ3v) is 8.69. The third-order valence-electron chi connectivity index (χ3n) is 8.69. The summed E-state index contributed by atoms with van der Waals surface area (Å²) in [4.78, 5) is 76.5. The van der Waals surface area contributed by atoms with E-state index in [0.717, 1.165) is 12.2 Å². The number of benzene rings is 4. The van der Waals surface area contributed by atoms with Crippen molar-refractivity contribution in [3.63, 3.8) is 0 Å². The molecule has 0 radical (unpaired) electrons. The average molecular weight is 816 g/mol. The lowest BCUT2D eigenvalue weighted by molar-refractivity contribution is -0.124. The van der Waals surface area contributed by atoms with Crippen LogP contribution in [0.25, 0.3) is 12.2 Å². The maximum atomic E-state index is 13.4. The van der Waals surface area contributed by atoms with E-state index in [2.05, 4.69) is 26.1 Å². The van der Waals surface area contributed by atoms with Crippen LogP contribution in [0.4, 0.5) is 10.5 Å². The van der Waals surface area contributed by atoms with E-state index in [-0.39, 0.29) is 12.4 Å². The van der Waals surface area contributed by atoms with Crippen molar-refractivity contribution in [1.29, 1.82) is 0 Å². The standard InChI is InChI=1S/C43H41N7O10/c1-42(2,27-59-36-24-31(12-17-35(36)58-3)26-45-48-40(54)33-9-5-7-29(23-33)14-19-38(52)49-56)60-41(55)46-34-15-10-30(11-16-34)25-44-43(20-21-43)39(53)32-8-4-6-28(22-32)13-18-37(51)47-50-57/h4-19,22-26,56H,20-21,27H2,1-3H3,(H,46,55)(H,48,54)(H,49,52)(H,47,51,57). The van der Waals surface area contributed by atoms with E-state index >= 15 is 0 Å². The lowest BCUT2D eigenvalue weighted by Gasteiger charge is -2.25. The van der Waals surface area contributed by atoms with Crippen LogP contribution in [0.1, 0.15) is 69.7 Å². The minimum atomic E-state index is -1.09. The van der Waals surface area contributed by atoms with Gasteiger partial charge in [0.1, 0.15) is 17.7 Å². The van der Waals surface area contributed by atoms with Crippen molar-refractivity contribution in [3.8, 4) is 11.5 Å². The average Bonchev–Trinajstić information content (AvgIpc) is 4.04. The molecule has 0 aromatic heterocycles. The molecule has 308 valence electrons. The molecule has 0 heterocycles. The number of nitrogens with zero attached hydrogens (tertiary/aromatic N) is 3. The predicted octanol–water partition coefficient (Wildman–Crippen LogP) is 6.03. The van der Waals surface area contributed by atoms with Gasteiger partial charge in [-0.15, -0.1) is 4.91 Å². The van der Waals surface area contributed by atoms with Crippen molar-refractivity contribution in [2.24, 2.45) is 15.4 Å². The fourth-order valence-corrected chi connectivity index (χ4v) is 5.47. The van der Waals surface area contributed by atoms with Crippen LogP contribution in [0, 0.1) is 4.91 Å². The molecule has 4 aromatic rings. The molecule has 1 aliphatic rings. The maximum absolute atomic E-state index is 13.4. The molecule has 5 N–H and O–H groups in total. The summed E-state index contributed by atoms with van der Waals surface area (Å²) in [7, 11) is 1.48. The van der Waals surface area contributed by atoms with Crippen molar-refractivity contribution in [1.82, 2.24) is 16.3 Å². The van der Waals surface area contributed by atoms with Gasteiger partial charge in [0.05, 0.1) is 18.6 Å². The molecule has 0 aliphatic heterocycles. The molecule has 0 saturated heterocycles. The second-order valence-corrected chi connectivity index (χ2v) is 13.9. The number of amides is 4. The second kappa shape index (κ2) is 20.1. The maximum Gasteiger partial charge on any atom is 0.412 e. The van der Waals surface area contributed by atoms with Crippen LogP contribution in [0.3, 0.4) is 0 Å². The minimum Gasteiger partial charge on any atom is -0.493 e. The van der Waals surface area contributed by atoms with E-state index in [1.165, 1.54) is 31.0 Å². The first-order chi connectivity index (χ1) is 28.8. The highest BCUT2D eigenvalue weighted by Crippen LogP contribution is 2.42. The van der Waals surface area contributed by atoms with E-state index in [1.54, 1.807) is 116 Å². The van der Waals surface area contributed by atoms with E-state index in [1.807, 2.05) is 0 Å². The highest BCUT2D eigenvalue weighted by molar-refractivity contribution is 6.07. The Labute approximate surface area is 344 Å². The van der Waals surface area contributed by atoms with E-state index in [4.69, 9.17) is 19.4 Å². The van der Waals surface area contributed by atoms with Crippen molar-refractivity contribution >= 4 is 59.9 Å². The number of anilines is 1. The number of hydrogen-bond donors (Lipinski definition) is 5. The zero-order valence-corrected chi connectivity index (χ0v) is 32.7. The quantitative estimate of drug-likeness (QED) is 0.0195. The molecule has 4 aromatic carbocycles. The van der Waals surface area contributed by atoms with Gasteiger partial charge in [-0.3, -0.25) is 34.7 Å². The molecule has 1 aliphatic carbocycles. The summed E-state index contributed by atoms with van der Waals surface area (Å²) in [6.45, 7) is 3.31. The zero-order valence-electron chi connectivity index (χ0n) is 32.7. The summed E-state index contributed by atoms with van der Waals surface area (Å²) in [6, 6.07) is 25.0. The van der Waals surface area contributed by atoms with Crippen molar-refractivity contribution in [2.75, 3.05) is 19.0 Å². The summed E-state index contributed by atoms with van der Waals surface area (Å²) >= 11 is 0. The largest absolute Gasteiger partial charge is 0.493 e. The van der Waals surface area contributed by atoms with Gasteiger partial charge in [-0.05, 0) is 110 Å². The summed E-state index contributed by atoms with van der Waals surface area (Å²) in [5.41, 5.74) is 7.38. The molecule has 0 atom stereocenters. The number of rotatable bonds is 18. The zero-order chi connectivity index (χ0) is 43.1. The van der Waals surface area contributed by atoms with Crippen molar-refractivity contribution in [3.05, 3.63) is 141 Å². The highest BCUT2D eigenvalue weighted by atomic mass is 16.6. The number of hydroxylamine groups is 1. The number of methoxy groups -OCH3 is 1. The molecule has 17 heteroatoms. The first kappa shape index (κ1) is 43.3. The molecule has 1 saturated carbocycles. The Morgan fingerprint density at radius 1 is 0.767 bits per heavy atom. The number of nitroso groups, excluding NO2 is 1. The van der Waals surface area contributed by atoms with Gasteiger partial charge in [0.2, 0.25) is 0 Å². The molecule has 1 fully saturated rings. The number of nitrogens with one attached hydrogen (secondary N) is 4. The van der Waals surface area contributed by atoms with Crippen LogP contribution in [-0.4, -0.2) is 72.1 Å². The summed E-state index contributed by atoms with van der Waals surface area (Å²) in [5, 5.41) is 17.7. The normalized spacial score (nSPS) is 13.2. The number of ether oxygens (including phenoxy) is 3. The Kier molecular flexibility index (Phi) is 14.5. The Morgan fingerprint density at radius 2 is 1.42 bits per heavy atom. The predicted molar refractivity (Wildman–Crippen MR) is 223 cm³/mol. The Morgan fingerprint density at radius 3 is 2.07 bits per heavy atom. The summed E-state index contributed by atoms with van der Waals surface area (Å²) in [5.74, 6) is -1.28. The Bertz CT molecular complexity index is 2370. The van der Waals surface area contributed by atoms with Crippen molar-refractivity contribution < 1.29 is 43.4 Å². The van der Waals surface area contributed by atoms with E-state index in [0.29, 0.717) is 63.4 Å². The van der Waals surface area contributed by atoms with Gasteiger partial charge in [0.15, 0.2) is 17.3 Å². The summed E-state index contributed by atoms with van der Waals surface area (Å²) in [6.07, 6.45) is 8.65. The molecule has 0 bridgehead atoms.